The molecule has 9 nitrogen and oxygen atoms in total. The van der Waals surface area contributed by atoms with Crippen molar-refractivity contribution in [3.8, 4) is 0 Å². The minimum Gasteiger partial charge on any atom is -0.466 e. The number of nitrogens with zero attached hydrogens (tertiary/aromatic N) is 1. The van der Waals surface area contributed by atoms with Crippen molar-refractivity contribution in [3.05, 3.63) is 63.8 Å². The molecule has 2 atom stereocenters. The van der Waals surface area contributed by atoms with Crippen LogP contribution in [0.25, 0.3) is 10.9 Å². The molecule has 1 saturated carbocycles. The Balaban J connectivity index is 1.19. The highest BCUT2D eigenvalue weighted by atomic mass is 35.5. The van der Waals surface area contributed by atoms with Gasteiger partial charge in [0.25, 0.3) is 5.91 Å². The third-order valence-corrected chi connectivity index (χ3v) is 9.07. The zero-order chi connectivity index (χ0) is 30.5. The average molecular weight is 631 g/mol. The summed E-state index contributed by atoms with van der Waals surface area (Å²) in [6.45, 7) is 3.07. The van der Waals surface area contributed by atoms with E-state index >= 15 is 0 Å². The van der Waals surface area contributed by atoms with E-state index in [1.807, 2.05) is 31.2 Å². The molecule has 1 aliphatic carbocycles. The standard InChI is InChI=1S/C32H37Cl2N3O6/c1-3-42-32(40)19-8-10-22(11-9-19)43-18-21-14-23(41-2)17-37(21)30(38)13-20-12-27(34)29(15-26(20)33)36-31(39)25-16-35-28-7-5-4-6-24(25)28/h4-7,12,15-16,19,21-23,35H,3,8-11,13-14,17-18H2,1-2H3,(H,36,39)/t19?,21-,22?,23-/m0/s1. The molecule has 230 valence electrons. The molecule has 2 amide bonds. The van der Waals surface area contributed by atoms with Crippen molar-refractivity contribution in [2.45, 2.75) is 63.7 Å². The first-order valence-electron chi connectivity index (χ1n) is 14.7. The second-order valence-electron chi connectivity index (χ2n) is 11.2. The van der Waals surface area contributed by atoms with Crippen molar-refractivity contribution in [1.29, 1.82) is 0 Å². The molecule has 0 radical (unpaired) electrons. The zero-order valence-electron chi connectivity index (χ0n) is 24.4. The minimum absolute atomic E-state index is 0.0458. The Morgan fingerprint density at radius 3 is 2.56 bits per heavy atom. The first kappa shape index (κ1) is 31.3. The van der Waals surface area contributed by atoms with Gasteiger partial charge in [0.1, 0.15) is 0 Å². The van der Waals surface area contributed by atoms with E-state index in [9.17, 15) is 14.4 Å². The molecule has 2 fully saturated rings. The number of likely N-dealkylation sites (tertiary alicyclic amines) is 1. The summed E-state index contributed by atoms with van der Waals surface area (Å²) in [7, 11) is 1.65. The fourth-order valence-corrected chi connectivity index (χ4v) is 6.48. The van der Waals surface area contributed by atoms with Crippen molar-refractivity contribution in [3.63, 3.8) is 0 Å². The van der Waals surface area contributed by atoms with E-state index in [1.165, 1.54) is 0 Å². The van der Waals surface area contributed by atoms with Crippen LogP contribution in [0.15, 0.2) is 42.6 Å². The average Bonchev–Trinajstić information content (AvgIpc) is 3.63. The Bertz CT molecular complexity index is 1470. The number of esters is 1. The quantitative estimate of drug-likeness (QED) is 0.265. The van der Waals surface area contributed by atoms with Crippen molar-refractivity contribution in [1.82, 2.24) is 9.88 Å². The van der Waals surface area contributed by atoms with E-state index in [2.05, 4.69) is 10.3 Å². The molecule has 43 heavy (non-hydrogen) atoms. The number of hydrogen-bond donors (Lipinski definition) is 2. The molecule has 2 N–H and O–H groups in total. The largest absolute Gasteiger partial charge is 0.466 e. The van der Waals surface area contributed by atoms with Crippen LogP contribution in [0.4, 0.5) is 5.69 Å². The fraction of sp³-hybridized carbons (Fsp3) is 0.469. The number of benzene rings is 2. The van der Waals surface area contributed by atoms with Crippen LogP contribution in [0, 0.1) is 5.92 Å². The Kier molecular flexibility index (Phi) is 10.3. The number of rotatable bonds is 10. The number of hydrogen-bond acceptors (Lipinski definition) is 6. The molecular formula is C32H37Cl2N3O6. The molecule has 0 spiro atoms. The van der Waals surface area contributed by atoms with Gasteiger partial charge in [-0.05, 0) is 62.8 Å². The number of amides is 2. The zero-order valence-corrected chi connectivity index (χ0v) is 25.9. The van der Waals surface area contributed by atoms with Gasteiger partial charge in [-0.15, -0.1) is 0 Å². The van der Waals surface area contributed by atoms with Crippen molar-refractivity contribution in [2.24, 2.45) is 5.92 Å². The molecule has 5 rings (SSSR count). The molecule has 2 aliphatic rings. The lowest BCUT2D eigenvalue weighted by Crippen LogP contribution is -2.40. The Morgan fingerprint density at radius 1 is 1.05 bits per heavy atom. The van der Waals surface area contributed by atoms with Gasteiger partial charge in [-0.1, -0.05) is 41.4 Å². The summed E-state index contributed by atoms with van der Waals surface area (Å²) in [5.74, 6) is -0.612. The van der Waals surface area contributed by atoms with Gasteiger partial charge in [0.2, 0.25) is 5.91 Å². The number of aromatic nitrogens is 1. The van der Waals surface area contributed by atoms with Crippen LogP contribution < -0.4 is 5.32 Å². The van der Waals surface area contributed by atoms with E-state index < -0.39 is 0 Å². The smallest absolute Gasteiger partial charge is 0.308 e. The lowest BCUT2D eigenvalue weighted by molar-refractivity contribution is -0.150. The van der Waals surface area contributed by atoms with Crippen LogP contribution in [0.1, 0.15) is 54.9 Å². The molecule has 1 aromatic heterocycles. The predicted octanol–water partition coefficient (Wildman–Crippen LogP) is 6.02. The van der Waals surface area contributed by atoms with Crippen molar-refractivity contribution >= 4 is 57.6 Å². The van der Waals surface area contributed by atoms with E-state index in [4.69, 9.17) is 37.4 Å². The van der Waals surface area contributed by atoms with Crippen LogP contribution in [-0.4, -0.2) is 72.8 Å². The number of halogens is 2. The molecule has 0 unspecified atom stereocenters. The fourth-order valence-electron chi connectivity index (χ4n) is 6.01. The summed E-state index contributed by atoms with van der Waals surface area (Å²) in [5, 5.41) is 4.25. The number of carbonyl (C=O) groups is 3. The highest BCUT2D eigenvalue weighted by Gasteiger charge is 2.37. The predicted molar refractivity (Wildman–Crippen MR) is 166 cm³/mol. The summed E-state index contributed by atoms with van der Waals surface area (Å²) in [5.41, 5.74) is 2.28. The first-order valence-corrected chi connectivity index (χ1v) is 15.5. The summed E-state index contributed by atoms with van der Waals surface area (Å²) >= 11 is 13.1. The summed E-state index contributed by atoms with van der Waals surface area (Å²) in [6, 6.07) is 10.6. The molecule has 0 bridgehead atoms. The molecule has 11 heteroatoms. The maximum absolute atomic E-state index is 13.5. The van der Waals surface area contributed by atoms with Gasteiger partial charge in [-0.25, -0.2) is 0 Å². The van der Waals surface area contributed by atoms with Gasteiger partial charge in [0.05, 0.1) is 60.1 Å². The summed E-state index contributed by atoms with van der Waals surface area (Å²) in [6.07, 6.45) is 5.40. The third-order valence-electron chi connectivity index (χ3n) is 8.41. The highest BCUT2D eigenvalue weighted by Crippen LogP contribution is 2.33. The van der Waals surface area contributed by atoms with Crippen LogP contribution >= 0.6 is 23.2 Å². The summed E-state index contributed by atoms with van der Waals surface area (Å²) < 4.78 is 17.0. The van der Waals surface area contributed by atoms with Gasteiger partial charge >= 0.3 is 5.97 Å². The number of nitrogens with one attached hydrogen (secondary N) is 2. The number of anilines is 1. The number of H-pyrrole nitrogens is 1. The van der Waals surface area contributed by atoms with E-state index in [-0.39, 0.29) is 53.4 Å². The topological polar surface area (TPSA) is 110 Å². The molecular weight excluding hydrogens is 593 g/mol. The monoisotopic (exact) mass is 629 g/mol. The Hall–Kier alpha value is -3.11. The van der Waals surface area contributed by atoms with Crippen molar-refractivity contribution < 1.29 is 28.6 Å². The maximum atomic E-state index is 13.5. The van der Waals surface area contributed by atoms with Crippen molar-refractivity contribution in [2.75, 3.05) is 32.2 Å². The van der Waals surface area contributed by atoms with Gasteiger partial charge in [-0.3, -0.25) is 14.4 Å². The second kappa shape index (κ2) is 14.1. The summed E-state index contributed by atoms with van der Waals surface area (Å²) in [4.78, 5) is 43.5. The molecule has 1 saturated heterocycles. The third kappa shape index (κ3) is 7.34. The number of para-hydroxylation sites is 1. The number of carbonyl (C=O) groups excluding carboxylic acids is 3. The maximum Gasteiger partial charge on any atom is 0.308 e. The van der Waals surface area contributed by atoms with E-state index in [0.717, 1.165) is 36.6 Å². The highest BCUT2D eigenvalue weighted by molar-refractivity contribution is 6.36. The Morgan fingerprint density at radius 2 is 1.81 bits per heavy atom. The molecule has 3 aromatic rings. The van der Waals surface area contributed by atoms with Gasteiger partial charge in [0.15, 0.2) is 0 Å². The molecule has 2 heterocycles. The minimum atomic E-state index is -0.320. The Labute approximate surface area is 261 Å². The number of methoxy groups -OCH3 is 1. The van der Waals surface area contributed by atoms with Gasteiger partial charge in [0, 0.05) is 35.8 Å². The molecule has 1 aliphatic heterocycles. The lowest BCUT2D eigenvalue weighted by Gasteiger charge is -2.30. The first-order chi connectivity index (χ1) is 20.8. The number of aromatic amines is 1. The number of ether oxygens (including phenoxy) is 3. The van der Waals surface area contributed by atoms with Gasteiger partial charge in [-0.2, -0.15) is 0 Å². The SMILES string of the molecule is CCOC(=O)C1CCC(OC[C@@H]2C[C@H](OC)CN2C(=O)Cc2cc(Cl)c(NC(=O)c3c[nH]c4ccccc34)cc2Cl)CC1. The van der Waals surface area contributed by atoms with Crippen LogP contribution in [0.3, 0.4) is 0 Å². The van der Waals surface area contributed by atoms with Crippen LogP contribution in [-0.2, 0) is 30.2 Å². The van der Waals surface area contributed by atoms with Crippen LogP contribution in [0.2, 0.25) is 10.0 Å². The van der Waals surface area contributed by atoms with E-state index in [1.54, 1.807) is 30.3 Å². The second-order valence-corrected chi connectivity index (χ2v) is 12.0. The molecule has 2 aromatic carbocycles. The van der Waals surface area contributed by atoms with Gasteiger partial charge < -0.3 is 29.4 Å². The van der Waals surface area contributed by atoms with Crippen LogP contribution in [0.5, 0.6) is 0 Å². The van der Waals surface area contributed by atoms with E-state index in [0.29, 0.717) is 48.0 Å². The normalized spacial score (nSPS) is 22.1. The number of fused-ring (bicyclic) bond motifs is 1. The lowest BCUT2D eigenvalue weighted by atomic mass is 9.87.